The Morgan fingerprint density at radius 3 is 2.84 bits per heavy atom. The maximum absolute atomic E-state index is 4.78. The molecule has 0 bridgehead atoms. The fourth-order valence-electron chi connectivity index (χ4n) is 2.33. The second-order valence-electron chi connectivity index (χ2n) is 5.67. The first-order valence-electron chi connectivity index (χ1n) is 7.28. The maximum atomic E-state index is 4.78. The first-order chi connectivity index (χ1) is 9.15. The molecule has 1 aliphatic rings. The zero-order valence-corrected chi connectivity index (χ0v) is 12.4. The van der Waals surface area contributed by atoms with Gasteiger partial charge in [0.25, 0.3) is 0 Å². The second kappa shape index (κ2) is 6.87. The summed E-state index contributed by atoms with van der Waals surface area (Å²) in [5, 5.41) is 3.42. The third kappa shape index (κ3) is 4.48. The molecule has 1 aliphatic heterocycles. The molecule has 0 amide bonds. The molecular formula is C15H26N4. The van der Waals surface area contributed by atoms with Crippen molar-refractivity contribution in [2.45, 2.75) is 32.9 Å². The Morgan fingerprint density at radius 1 is 1.21 bits per heavy atom. The summed E-state index contributed by atoms with van der Waals surface area (Å²) in [4.78, 5) is 9.58. The number of nitrogens with zero attached hydrogens (tertiary/aromatic N) is 3. The van der Waals surface area contributed by atoms with Gasteiger partial charge in [-0.25, -0.2) is 4.98 Å². The van der Waals surface area contributed by atoms with E-state index in [1.54, 1.807) is 0 Å². The van der Waals surface area contributed by atoms with E-state index in [0.29, 0.717) is 6.04 Å². The number of rotatable bonds is 4. The third-order valence-corrected chi connectivity index (χ3v) is 3.53. The van der Waals surface area contributed by atoms with Gasteiger partial charge in [-0.05, 0) is 32.1 Å². The van der Waals surface area contributed by atoms with Crippen molar-refractivity contribution in [1.82, 2.24) is 15.2 Å². The molecule has 1 aromatic rings. The molecule has 0 aliphatic carbocycles. The predicted molar refractivity (Wildman–Crippen MR) is 80.5 cm³/mol. The van der Waals surface area contributed by atoms with Crippen LogP contribution in [0, 0.1) is 0 Å². The number of likely N-dealkylation sites (N-methyl/N-ethyl adjacent to an activating group) is 1. The Bertz CT molecular complexity index is 391. The first kappa shape index (κ1) is 14.3. The minimum Gasteiger partial charge on any atom is -0.355 e. The lowest BCUT2D eigenvalue weighted by Gasteiger charge is -2.22. The monoisotopic (exact) mass is 262 g/mol. The lowest BCUT2D eigenvalue weighted by Crippen LogP contribution is -2.30. The Labute approximate surface area is 116 Å². The van der Waals surface area contributed by atoms with Gasteiger partial charge in [-0.3, -0.25) is 0 Å². The van der Waals surface area contributed by atoms with E-state index in [0.717, 1.165) is 37.7 Å². The summed E-state index contributed by atoms with van der Waals surface area (Å²) in [5.74, 6) is 1.12. The molecule has 0 spiro atoms. The lowest BCUT2D eigenvalue weighted by atomic mass is 10.3. The molecule has 1 aromatic heterocycles. The van der Waals surface area contributed by atoms with E-state index in [4.69, 9.17) is 4.98 Å². The van der Waals surface area contributed by atoms with Gasteiger partial charge in [0.1, 0.15) is 5.82 Å². The Balaban J connectivity index is 2.01. The molecule has 1 saturated heterocycles. The van der Waals surface area contributed by atoms with Gasteiger partial charge < -0.3 is 15.1 Å². The average Bonchev–Trinajstić information content (AvgIpc) is 2.62. The van der Waals surface area contributed by atoms with Gasteiger partial charge in [-0.15, -0.1) is 0 Å². The van der Waals surface area contributed by atoms with Gasteiger partial charge in [0.2, 0.25) is 0 Å². The van der Waals surface area contributed by atoms with Crippen LogP contribution in [-0.2, 0) is 6.54 Å². The molecule has 1 fully saturated rings. The fraction of sp³-hybridized carbons (Fsp3) is 0.667. The van der Waals surface area contributed by atoms with Crippen molar-refractivity contribution in [3.05, 3.63) is 23.9 Å². The highest BCUT2D eigenvalue weighted by molar-refractivity contribution is 5.39. The largest absolute Gasteiger partial charge is 0.355 e. The summed E-state index contributed by atoms with van der Waals surface area (Å²) in [7, 11) is 2.19. The van der Waals surface area contributed by atoms with Crippen molar-refractivity contribution in [3.63, 3.8) is 0 Å². The summed E-state index contributed by atoms with van der Waals surface area (Å²) in [6, 6.07) is 6.85. The van der Waals surface area contributed by atoms with E-state index in [1.165, 1.54) is 13.0 Å². The number of aromatic nitrogens is 1. The van der Waals surface area contributed by atoms with E-state index >= 15 is 0 Å². The van der Waals surface area contributed by atoms with Crippen LogP contribution in [0.15, 0.2) is 18.2 Å². The van der Waals surface area contributed by atoms with Crippen LogP contribution in [0.4, 0.5) is 5.82 Å². The van der Waals surface area contributed by atoms with Crippen LogP contribution in [0.5, 0.6) is 0 Å². The highest BCUT2D eigenvalue weighted by atomic mass is 15.2. The summed E-state index contributed by atoms with van der Waals surface area (Å²) >= 11 is 0. The zero-order valence-electron chi connectivity index (χ0n) is 12.4. The van der Waals surface area contributed by atoms with E-state index in [9.17, 15) is 0 Å². The SMILES string of the molecule is CC(C)NCc1cccc(N2CCCN(C)CC2)n1. The van der Waals surface area contributed by atoms with Crippen LogP contribution in [0.3, 0.4) is 0 Å². The van der Waals surface area contributed by atoms with Crippen LogP contribution < -0.4 is 10.2 Å². The molecule has 4 heteroatoms. The molecular weight excluding hydrogens is 236 g/mol. The molecule has 0 saturated carbocycles. The molecule has 19 heavy (non-hydrogen) atoms. The molecule has 0 aromatic carbocycles. The van der Waals surface area contributed by atoms with E-state index in [2.05, 4.69) is 54.2 Å². The van der Waals surface area contributed by atoms with Crippen molar-refractivity contribution < 1.29 is 0 Å². The average molecular weight is 262 g/mol. The van der Waals surface area contributed by atoms with Crippen LogP contribution in [0.2, 0.25) is 0 Å². The number of anilines is 1. The smallest absolute Gasteiger partial charge is 0.128 e. The fourth-order valence-corrected chi connectivity index (χ4v) is 2.33. The van der Waals surface area contributed by atoms with Gasteiger partial charge in [0.15, 0.2) is 0 Å². The summed E-state index contributed by atoms with van der Waals surface area (Å²) in [5.41, 5.74) is 1.13. The minimum absolute atomic E-state index is 0.497. The summed E-state index contributed by atoms with van der Waals surface area (Å²) < 4.78 is 0. The maximum Gasteiger partial charge on any atom is 0.128 e. The topological polar surface area (TPSA) is 31.4 Å². The standard InChI is InChI=1S/C15H26N4/c1-13(2)16-12-14-6-4-7-15(17-14)19-9-5-8-18(3)10-11-19/h4,6-7,13,16H,5,8-12H2,1-3H3. The lowest BCUT2D eigenvalue weighted by molar-refractivity contribution is 0.360. The first-order valence-corrected chi connectivity index (χ1v) is 7.28. The number of hydrogen-bond acceptors (Lipinski definition) is 4. The van der Waals surface area contributed by atoms with Crippen molar-refractivity contribution >= 4 is 5.82 Å². The van der Waals surface area contributed by atoms with E-state index in [1.807, 2.05) is 0 Å². The Morgan fingerprint density at radius 2 is 2.05 bits per heavy atom. The number of nitrogens with one attached hydrogen (secondary N) is 1. The van der Waals surface area contributed by atoms with Crippen LogP contribution in [0.25, 0.3) is 0 Å². The predicted octanol–water partition coefficient (Wildman–Crippen LogP) is 1.72. The van der Waals surface area contributed by atoms with Gasteiger partial charge in [-0.2, -0.15) is 0 Å². The van der Waals surface area contributed by atoms with Crippen molar-refractivity contribution in [1.29, 1.82) is 0 Å². The molecule has 0 unspecified atom stereocenters. The normalized spacial score (nSPS) is 17.8. The molecule has 2 heterocycles. The quantitative estimate of drug-likeness (QED) is 0.895. The third-order valence-electron chi connectivity index (χ3n) is 3.53. The molecule has 2 rings (SSSR count). The number of pyridine rings is 1. The molecule has 0 radical (unpaired) electrons. The van der Waals surface area contributed by atoms with Gasteiger partial charge >= 0.3 is 0 Å². The summed E-state index contributed by atoms with van der Waals surface area (Å²) in [6.07, 6.45) is 1.21. The van der Waals surface area contributed by atoms with Crippen molar-refractivity contribution in [3.8, 4) is 0 Å². The minimum atomic E-state index is 0.497. The van der Waals surface area contributed by atoms with Crippen molar-refractivity contribution in [2.75, 3.05) is 38.1 Å². The molecule has 106 valence electrons. The molecule has 0 atom stereocenters. The molecule has 1 N–H and O–H groups in total. The van der Waals surface area contributed by atoms with Gasteiger partial charge in [0.05, 0.1) is 5.69 Å². The van der Waals surface area contributed by atoms with Crippen LogP contribution >= 0.6 is 0 Å². The highest BCUT2D eigenvalue weighted by Crippen LogP contribution is 2.14. The van der Waals surface area contributed by atoms with Crippen LogP contribution in [0.1, 0.15) is 26.0 Å². The zero-order chi connectivity index (χ0) is 13.7. The molecule has 4 nitrogen and oxygen atoms in total. The van der Waals surface area contributed by atoms with E-state index in [-0.39, 0.29) is 0 Å². The summed E-state index contributed by atoms with van der Waals surface area (Å²) in [6.45, 7) is 9.66. The van der Waals surface area contributed by atoms with Gasteiger partial charge in [-0.1, -0.05) is 19.9 Å². The number of hydrogen-bond donors (Lipinski definition) is 1. The second-order valence-corrected chi connectivity index (χ2v) is 5.67. The highest BCUT2D eigenvalue weighted by Gasteiger charge is 2.13. The van der Waals surface area contributed by atoms with Gasteiger partial charge in [0, 0.05) is 32.2 Å². The van der Waals surface area contributed by atoms with E-state index < -0.39 is 0 Å². The Kier molecular flexibility index (Phi) is 5.16. The van der Waals surface area contributed by atoms with Crippen molar-refractivity contribution in [2.24, 2.45) is 0 Å². The Hall–Kier alpha value is -1.13. The van der Waals surface area contributed by atoms with Crippen LogP contribution in [-0.4, -0.2) is 49.2 Å².